The molecule has 0 atom stereocenters. The van der Waals surface area contributed by atoms with Gasteiger partial charge in [-0.25, -0.2) is 0 Å². The quantitative estimate of drug-likeness (QED) is 0.440. The van der Waals surface area contributed by atoms with Gasteiger partial charge in [0.1, 0.15) is 0 Å². The first-order valence-corrected chi connectivity index (χ1v) is 3.30. The van der Waals surface area contributed by atoms with E-state index in [-0.39, 0.29) is 50.8 Å². The third-order valence-corrected chi connectivity index (χ3v) is 1.33. The van der Waals surface area contributed by atoms with Gasteiger partial charge in [-0.3, -0.25) is 0 Å². The molecule has 0 heterocycles. The van der Waals surface area contributed by atoms with Gasteiger partial charge in [0, 0.05) is 0 Å². The molecule has 0 radical (unpaired) electrons. The Morgan fingerprint density at radius 1 is 0.462 bits per heavy atom. The van der Waals surface area contributed by atoms with Crippen LogP contribution in [-0.2, 0) is 21.1 Å². The minimum absolute atomic E-state index is 0. The van der Waals surface area contributed by atoms with Crippen molar-refractivity contribution < 1.29 is 21.1 Å². The van der Waals surface area contributed by atoms with Gasteiger partial charge in [0.25, 0.3) is 0 Å². The van der Waals surface area contributed by atoms with Crippen LogP contribution in [0.3, 0.4) is 0 Å². The second-order valence-corrected chi connectivity index (χ2v) is 2.10. The van der Waals surface area contributed by atoms with Gasteiger partial charge in [0.05, 0.1) is 0 Å². The maximum absolute atomic E-state index is 2.27. The third-order valence-electron chi connectivity index (χ3n) is 1.33. The van der Waals surface area contributed by atoms with Crippen molar-refractivity contribution in [2.75, 3.05) is 0 Å². The van der Waals surface area contributed by atoms with Crippen LogP contribution in [0.4, 0.5) is 0 Å². The van der Waals surface area contributed by atoms with Crippen molar-refractivity contribution in [3.8, 4) is 0 Å². The van der Waals surface area contributed by atoms with Crippen LogP contribution < -0.4 is 0 Å². The summed E-state index contributed by atoms with van der Waals surface area (Å²) < 4.78 is 0. The minimum Gasteiger partial charge on any atom is -0.358 e. The van der Waals surface area contributed by atoms with Gasteiger partial charge in [0.15, 0.2) is 0 Å². The average Bonchev–Trinajstić information content (AvgIpc) is 1.62. The SMILES string of the molecule is C1=C\CC/C=C\CC/1.[CH3-].[CH3-].[CH3-].[CH3-].[Pt+4]. The van der Waals surface area contributed by atoms with Crippen molar-refractivity contribution in [1.29, 1.82) is 0 Å². The molecule has 0 fully saturated rings. The van der Waals surface area contributed by atoms with E-state index in [1.807, 2.05) is 0 Å². The molecule has 0 aromatic rings. The first kappa shape index (κ1) is 29.2. The van der Waals surface area contributed by atoms with Crippen LogP contribution in [0.2, 0.25) is 0 Å². The first-order valence-electron chi connectivity index (χ1n) is 3.30. The van der Waals surface area contributed by atoms with Crippen molar-refractivity contribution in [2.45, 2.75) is 25.7 Å². The molecule has 0 bridgehead atoms. The first-order chi connectivity index (χ1) is 4.00. The van der Waals surface area contributed by atoms with E-state index in [0.717, 1.165) is 0 Å². The number of allylic oxidation sites excluding steroid dienone is 4. The van der Waals surface area contributed by atoms with Crippen LogP contribution in [0.15, 0.2) is 24.3 Å². The van der Waals surface area contributed by atoms with Gasteiger partial charge in [0.2, 0.25) is 0 Å². The number of hydrogen-bond acceptors (Lipinski definition) is 0. The van der Waals surface area contributed by atoms with E-state index in [9.17, 15) is 0 Å². The number of rotatable bonds is 0. The Hall–Kier alpha value is 0.168. The molecule has 1 rings (SSSR count). The van der Waals surface area contributed by atoms with Crippen LogP contribution in [0.1, 0.15) is 25.7 Å². The summed E-state index contributed by atoms with van der Waals surface area (Å²) in [7, 11) is 0. The molecule has 0 saturated heterocycles. The van der Waals surface area contributed by atoms with Gasteiger partial charge >= 0.3 is 21.1 Å². The van der Waals surface area contributed by atoms with Crippen LogP contribution in [0, 0.1) is 29.7 Å². The molecule has 0 N–H and O–H groups in total. The van der Waals surface area contributed by atoms with Crippen LogP contribution >= 0.6 is 0 Å². The van der Waals surface area contributed by atoms with Gasteiger partial charge in [-0.2, -0.15) is 0 Å². The van der Waals surface area contributed by atoms with Gasteiger partial charge < -0.3 is 29.7 Å². The van der Waals surface area contributed by atoms with Gasteiger partial charge in [-0.1, -0.05) is 24.3 Å². The Balaban J connectivity index is -0.0000000427. The van der Waals surface area contributed by atoms with E-state index in [2.05, 4.69) is 24.3 Å². The fourth-order valence-electron chi connectivity index (χ4n) is 0.856. The minimum atomic E-state index is 0. The van der Waals surface area contributed by atoms with Crippen molar-refractivity contribution in [2.24, 2.45) is 0 Å². The van der Waals surface area contributed by atoms with Crippen molar-refractivity contribution in [3.63, 3.8) is 0 Å². The Kier molecular flexibility index (Phi) is 51.1. The summed E-state index contributed by atoms with van der Waals surface area (Å²) in [4.78, 5) is 0. The fraction of sp³-hybridized carbons (Fsp3) is 0.333. The molecule has 0 aliphatic heterocycles. The summed E-state index contributed by atoms with van der Waals surface area (Å²) in [6.45, 7) is 0. The second-order valence-electron chi connectivity index (χ2n) is 2.10. The maximum atomic E-state index is 2.27. The topological polar surface area (TPSA) is 0 Å². The predicted molar refractivity (Wildman–Crippen MR) is 62.4 cm³/mol. The van der Waals surface area contributed by atoms with Crippen LogP contribution in [0.5, 0.6) is 0 Å². The fourth-order valence-corrected chi connectivity index (χ4v) is 0.856. The Morgan fingerprint density at radius 2 is 0.615 bits per heavy atom. The van der Waals surface area contributed by atoms with E-state index in [0.29, 0.717) is 0 Å². The summed E-state index contributed by atoms with van der Waals surface area (Å²) in [5.74, 6) is 0. The number of hydrogen-bond donors (Lipinski definition) is 0. The molecule has 0 unspecified atom stereocenters. The second kappa shape index (κ2) is 22.7. The molecule has 1 aliphatic rings. The van der Waals surface area contributed by atoms with Crippen molar-refractivity contribution in [3.05, 3.63) is 54.0 Å². The van der Waals surface area contributed by atoms with Crippen LogP contribution in [-0.4, -0.2) is 0 Å². The van der Waals surface area contributed by atoms with Crippen LogP contribution in [0.25, 0.3) is 0 Å². The Labute approximate surface area is 101 Å². The molecule has 0 aromatic carbocycles. The summed E-state index contributed by atoms with van der Waals surface area (Å²) >= 11 is 0. The van der Waals surface area contributed by atoms with Gasteiger partial charge in [-0.05, 0) is 25.7 Å². The zero-order chi connectivity index (χ0) is 5.66. The normalized spacial score (nSPS) is 17.2. The Bertz CT molecular complexity index is 77.7. The summed E-state index contributed by atoms with van der Waals surface area (Å²) in [6, 6.07) is 0. The summed E-state index contributed by atoms with van der Waals surface area (Å²) in [5.41, 5.74) is 0. The van der Waals surface area contributed by atoms with Gasteiger partial charge in [-0.15, -0.1) is 0 Å². The largest absolute Gasteiger partial charge is 4.00 e. The van der Waals surface area contributed by atoms with Crippen molar-refractivity contribution in [1.82, 2.24) is 0 Å². The van der Waals surface area contributed by atoms with Crippen molar-refractivity contribution >= 4 is 0 Å². The molecule has 1 heteroatoms. The molecule has 0 saturated carbocycles. The molecule has 0 amide bonds. The molecule has 0 aromatic heterocycles. The smallest absolute Gasteiger partial charge is 0.358 e. The molecule has 1 aliphatic carbocycles. The van der Waals surface area contributed by atoms with E-state index >= 15 is 0 Å². The zero-order valence-corrected chi connectivity index (χ0v) is 11.7. The molecule has 82 valence electrons. The molecule has 0 spiro atoms. The van der Waals surface area contributed by atoms with E-state index in [1.54, 1.807) is 0 Å². The third kappa shape index (κ3) is 18.9. The molecule has 0 nitrogen and oxygen atoms in total. The summed E-state index contributed by atoms with van der Waals surface area (Å²) in [6.07, 6.45) is 14.0. The summed E-state index contributed by atoms with van der Waals surface area (Å²) in [5, 5.41) is 0. The Morgan fingerprint density at radius 3 is 0.769 bits per heavy atom. The van der Waals surface area contributed by atoms with E-state index < -0.39 is 0 Å². The average molecular weight is 363 g/mol. The maximum Gasteiger partial charge on any atom is 4.00 e. The monoisotopic (exact) mass is 363 g/mol. The molecular formula is C12H24Pt. The molecular weight excluding hydrogens is 339 g/mol. The van der Waals surface area contributed by atoms with E-state index in [4.69, 9.17) is 0 Å². The van der Waals surface area contributed by atoms with E-state index in [1.165, 1.54) is 25.7 Å². The zero-order valence-electron chi connectivity index (χ0n) is 9.45. The predicted octanol–water partition coefficient (Wildman–Crippen LogP) is 4.47. The molecule has 13 heavy (non-hydrogen) atoms. The standard InChI is InChI=1S/C8H12.4CH3.Pt/c1-2-4-6-8-7-5-3-1;;;;;/h1-2,7-8H,3-6H2;4*1H3;/q;4*-1;+4/b2-1-,8-7-;;;;;.